The summed E-state index contributed by atoms with van der Waals surface area (Å²) in [6, 6.07) is 3.09. The van der Waals surface area contributed by atoms with Crippen LogP contribution < -0.4 is 29.6 Å². The molecule has 0 fully saturated rings. The third-order valence-electron chi connectivity index (χ3n) is 2.77. The van der Waals surface area contributed by atoms with Crippen molar-refractivity contribution in [1.82, 2.24) is 0 Å². The minimum atomic E-state index is -4.59. The largest absolute Gasteiger partial charge is 1.00 e. The van der Waals surface area contributed by atoms with Crippen molar-refractivity contribution in [2.24, 2.45) is 11.8 Å². The van der Waals surface area contributed by atoms with Crippen molar-refractivity contribution >= 4 is 22.1 Å². The number of carbonyl (C=O) groups excluding carboxylic acids is 2. The number of ether oxygens (including phenoxy) is 2. The van der Waals surface area contributed by atoms with E-state index in [9.17, 15) is 22.6 Å². The monoisotopic (exact) mass is 382 g/mol. The topological polar surface area (TPSA) is 107 Å². The van der Waals surface area contributed by atoms with Gasteiger partial charge in [0.15, 0.2) is 0 Å². The van der Waals surface area contributed by atoms with Crippen molar-refractivity contribution in [2.75, 3.05) is 13.2 Å². The average Bonchev–Trinajstić information content (AvgIpc) is 2.48. The summed E-state index contributed by atoms with van der Waals surface area (Å²) in [5, 5.41) is 0. The Hall–Kier alpha value is -0.930. The Balaban J connectivity index is 0. The van der Waals surface area contributed by atoms with Crippen LogP contribution in [0.4, 0.5) is 0 Å². The Morgan fingerprint density at radius 3 is 1.60 bits per heavy atom. The van der Waals surface area contributed by atoms with E-state index in [0.717, 1.165) is 12.1 Å². The number of hydrogen-bond acceptors (Lipinski definition) is 6. The van der Waals surface area contributed by atoms with Gasteiger partial charge in [0.25, 0.3) is 10.1 Å². The maximum Gasteiger partial charge on any atom is 1.00 e. The molecule has 136 valence electrons. The van der Waals surface area contributed by atoms with Gasteiger partial charge in [-0.1, -0.05) is 27.7 Å². The summed E-state index contributed by atoms with van der Waals surface area (Å²) in [5.74, 6) is -1.39. The normalized spacial score (nSPS) is 11.2. The summed E-state index contributed by atoms with van der Waals surface area (Å²) < 4.78 is 42.0. The predicted octanol–water partition coefficient (Wildman–Crippen LogP) is -0.325. The van der Waals surface area contributed by atoms with Gasteiger partial charge < -0.3 is 10.9 Å². The second kappa shape index (κ2) is 10.3. The maximum atomic E-state index is 12.0. The Morgan fingerprint density at radius 2 is 1.32 bits per heavy atom. The van der Waals surface area contributed by atoms with E-state index in [2.05, 4.69) is 0 Å². The Morgan fingerprint density at radius 1 is 0.960 bits per heavy atom. The van der Waals surface area contributed by atoms with Crippen molar-refractivity contribution < 1.29 is 63.0 Å². The van der Waals surface area contributed by atoms with Crippen LogP contribution in [0.15, 0.2) is 23.1 Å². The van der Waals surface area contributed by atoms with E-state index in [1.165, 1.54) is 6.07 Å². The molecule has 0 aromatic heterocycles. The average molecular weight is 382 g/mol. The minimum Gasteiger partial charge on any atom is -1.00 e. The molecule has 7 nitrogen and oxygen atoms in total. The zero-order valence-electron chi connectivity index (χ0n) is 16.1. The Kier molecular flexibility index (Phi) is 9.89. The second-order valence-corrected chi connectivity index (χ2v) is 7.63. The van der Waals surface area contributed by atoms with Gasteiger partial charge in [-0.05, 0) is 30.0 Å². The van der Waals surface area contributed by atoms with Gasteiger partial charge in [0.2, 0.25) is 0 Å². The summed E-state index contributed by atoms with van der Waals surface area (Å²) in [5.41, 5.74) is -0.301. The first kappa shape index (κ1) is 24.1. The summed E-state index contributed by atoms with van der Waals surface area (Å²) in [6.07, 6.45) is 0. The minimum absolute atomic E-state index is 0. The van der Waals surface area contributed by atoms with Gasteiger partial charge in [-0.2, -0.15) is 8.42 Å². The van der Waals surface area contributed by atoms with Crippen LogP contribution >= 0.6 is 0 Å². The fourth-order valence-corrected chi connectivity index (χ4v) is 2.19. The van der Waals surface area contributed by atoms with Gasteiger partial charge in [0.1, 0.15) is 0 Å². The van der Waals surface area contributed by atoms with Gasteiger partial charge in [0.05, 0.1) is 29.2 Å². The molecule has 0 aliphatic heterocycles. The van der Waals surface area contributed by atoms with Crippen LogP contribution in [0.5, 0.6) is 0 Å². The molecule has 0 spiro atoms. The standard InChI is InChI=1S/C16H22O7S.Na.H/c1-10(2)8-22-15(17)12-5-13(16(18)23-9-11(3)4)7-14(6-12)24(19,20)21;;/h5-7,10-11H,8-9H2,1-4H3,(H,19,20,21);;/q;+1;-1. The smallest absolute Gasteiger partial charge is 1.00 e. The van der Waals surface area contributed by atoms with Gasteiger partial charge in [-0.25, -0.2) is 9.59 Å². The van der Waals surface area contributed by atoms with Crippen LogP contribution in [-0.2, 0) is 19.6 Å². The Bertz CT molecular complexity index is 675. The molecule has 0 atom stereocenters. The molecule has 1 rings (SSSR count). The summed E-state index contributed by atoms with van der Waals surface area (Å²) in [6.45, 7) is 7.66. The zero-order valence-corrected chi connectivity index (χ0v) is 17.9. The van der Waals surface area contributed by atoms with Crippen LogP contribution in [0.2, 0.25) is 0 Å². The Labute approximate surface area is 171 Å². The van der Waals surface area contributed by atoms with Gasteiger partial charge >= 0.3 is 41.5 Å². The molecule has 0 radical (unpaired) electrons. The molecular weight excluding hydrogens is 359 g/mol. The number of benzene rings is 1. The quantitative estimate of drug-likeness (QED) is 0.391. The third kappa shape index (κ3) is 8.33. The fourth-order valence-electron chi connectivity index (χ4n) is 1.64. The van der Waals surface area contributed by atoms with E-state index in [0.29, 0.717) is 0 Å². The van der Waals surface area contributed by atoms with Crippen molar-refractivity contribution in [3.05, 3.63) is 29.3 Å². The fraction of sp³-hybridized carbons (Fsp3) is 0.500. The molecule has 0 amide bonds. The summed E-state index contributed by atoms with van der Waals surface area (Å²) in [7, 11) is -4.59. The van der Waals surface area contributed by atoms with E-state index in [1.807, 2.05) is 27.7 Å². The first-order chi connectivity index (χ1) is 11.0. The number of carbonyl (C=O) groups is 2. The third-order valence-corrected chi connectivity index (χ3v) is 3.60. The number of esters is 2. The number of rotatable bonds is 7. The van der Waals surface area contributed by atoms with E-state index < -0.39 is 27.0 Å². The molecule has 0 bridgehead atoms. The van der Waals surface area contributed by atoms with Crippen LogP contribution in [-0.4, -0.2) is 38.1 Å². The predicted molar refractivity (Wildman–Crippen MR) is 87.6 cm³/mol. The van der Waals surface area contributed by atoms with Crippen molar-refractivity contribution in [2.45, 2.75) is 32.6 Å². The van der Waals surface area contributed by atoms with Crippen molar-refractivity contribution in [3.63, 3.8) is 0 Å². The molecule has 0 heterocycles. The van der Waals surface area contributed by atoms with Crippen molar-refractivity contribution in [3.8, 4) is 0 Å². The first-order valence-electron chi connectivity index (χ1n) is 7.47. The number of hydrogen-bond donors (Lipinski definition) is 1. The molecule has 0 aliphatic rings. The van der Waals surface area contributed by atoms with Gasteiger partial charge in [-0.3, -0.25) is 4.55 Å². The molecular formula is C16H23NaO7S. The molecule has 9 heteroatoms. The van der Waals surface area contributed by atoms with Crippen LogP contribution in [0.25, 0.3) is 0 Å². The van der Waals surface area contributed by atoms with Crippen LogP contribution in [0, 0.1) is 11.8 Å². The van der Waals surface area contributed by atoms with E-state index >= 15 is 0 Å². The van der Waals surface area contributed by atoms with E-state index in [-0.39, 0.29) is 67.2 Å². The molecule has 1 aromatic rings. The molecule has 0 aliphatic carbocycles. The SMILES string of the molecule is CC(C)COC(=O)c1cc(C(=O)OCC(C)C)cc(S(=O)(=O)O)c1.[H-].[Na+]. The maximum absolute atomic E-state index is 12.0. The molecule has 1 aromatic carbocycles. The summed E-state index contributed by atoms with van der Waals surface area (Å²) in [4.78, 5) is 23.5. The van der Waals surface area contributed by atoms with E-state index in [4.69, 9.17) is 9.47 Å². The van der Waals surface area contributed by atoms with Gasteiger partial charge in [-0.15, -0.1) is 0 Å². The second-order valence-electron chi connectivity index (χ2n) is 6.21. The van der Waals surface area contributed by atoms with Gasteiger partial charge in [0, 0.05) is 0 Å². The first-order valence-corrected chi connectivity index (χ1v) is 8.91. The zero-order chi connectivity index (χ0) is 18.5. The molecule has 0 saturated heterocycles. The molecule has 25 heavy (non-hydrogen) atoms. The molecule has 0 unspecified atom stereocenters. The van der Waals surface area contributed by atoms with Crippen LogP contribution in [0.1, 0.15) is 49.8 Å². The molecule has 1 N–H and O–H groups in total. The summed E-state index contributed by atoms with van der Waals surface area (Å²) >= 11 is 0. The van der Waals surface area contributed by atoms with Crippen LogP contribution in [0.3, 0.4) is 0 Å². The molecule has 0 saturated carbocycles. The van der Waals surface area contributed by atoms with E-state index in [1.54, 1.807) is 0 Å². The van der Waals surface area contributed by atoms with Crippen molar-refractivity contribution in [1.29, 1.82) is 0 Å².